The van der Waals surface area contributed by atoms with E-state index in [9.17, 15) is 8.42 Å². The summed E-state index contributed by atoms with van der Waals surface area (Å²) < 4.78 is 32.9. The zero-order valence-electron chi connectivity index (χ0n) is 11.2. The van der Waals surface area contributed by atoms with Crippen molar-refractivity contribution in [1.82, 2.24) is 9.62 Å². The van der Waals surface area contributed by atoms with Crippen LogP contribution in [0.5, 0.6) is 0 Å². The smallest absolute Gasteiger partial charge is 0.241 e. The number of benzene rings is 1. The van der Waals surface area contributed by atoms with Gasteiger partial charge >= 0.3 is 0 Å². The van der Waals surface area contributed by atoms with E-state index < -0.39 is 10.0 Å². The van der Waals surface area contributed by atoms with E-state index in [4.69, 9.17) is 4.74 Å². The summed E-state index contributed by atoms with van der Waals surface area (Å²) in [7, 11) is -3.46. The molecule has 1 aromatic rings. The van der Waals surface area contributed by atoms with Gasteiger partial charge in [0.1, 0.15) is 0 Å². The Balaban J connectivity index is 1.88. The lowest BCUT2D eigenvalue weighted by Gasteiger charge is -2.19. The summed E-state index contributed by atoms with van der Waals surface area (Å²) in [6.45, 7) is 4.43. The zero-order chi connectivity index (χ0) is 14.4. The van der Waals surface area contributed by atoms with Crippen molar-refractivity contribution >= 4 is 26.0 Å². The highest BCUT2D eigenvalue weighted by Gasteiger charge is 2.17. The molecule has 0 unspecified atom stereocenters. The standard InChI is InChI=1S/C13H19BrN2O3S/c14-12-4-1-2-5-13(12)20(17,18)15-6-8-16-7-3-10-19-11-9-16/h1-2,4-5,15H,3,6-11H2. The van der Waals surface area contributed by atoms with Crippen LogP contribution in [0.4, 0.5) is 0 Å². The average Bonchev–Trinajstić information content (AvgIpc) is 2.67. The fourth-order valence-electron chi connectivity index (χ4n) is 2.10. The van der Waals surface area contributed by atoms with E-state index in [1.54, 1.807) is 24.3 Å². The van der Waals surface area contributed by atoms with Crippen LogP contribution >= 0.6 is 15.9 Å². The van der Waals surface area contributed by atoms with Crippen molar-refractivity contribution in [2.75, 3.05) is 39.4 Å². The minimum atomic E-state index is -3.46. The average molecular weight is 363 g/mol. The van der Waals surface area contributed by atoms with Gasteiger partial charge in [-0.1, -0.05) is 12.1 Å². The molecule has 0 aliphatic carbocycles. The van der Waals surface area contributed by atoms with Crippen LogP contribution in [-0.4, -0.2) is 52.7 Å². The summed E-state index contributed by atoms with van der Waals surface area (Å²) in [4.78, 5) is 2.49. The number of hydrogen-bond donors (Lipinski definition) is 1. The Morgan fingerprint density at radius 2 is 2.05 bits per heavy atom. The van der Waals surface area contributed by atoms with Crippen LogP contribution < -0.4 is 4.72 Å². The number of rotatable bonds is 5. The third-order valence-corrected chi connectivity index (χ3v) is 5.63. The maximum absolute atomic E-state index is 12.2. The lowest BCUT2D eigenvalue weighted by molar-refractivity contribution is 0.142. The van der Waals surface area contributed by atoms with Crippen LogP contribution in [0.2, 0.25) is 0 Å². The molecule has 1 aromatic carbocycles. The zero-order valence-corrected chi connectivity index (χ0v) is 13.6. The van der Waals surface area contributed by atoms with Crippen molar-refractivity contribution in [3.8, 4) is 0 Å². The van der Waals surface area contributed by atoms with Crippen molar-refractivity contribution in [1.29, 1.82) is 0 Å². The molecule has 0 radical (unpaired) electrons. The maximum atomic E-state index is 12.2. The first-order valence-corrected chi connectivity index (χ1v) is 8.91. The van der Waals surface area contributed by atoms with Crippen molar-refractivity contribution < 1.29 is 13.2 Å². The fourth-order valence-corrected chi connectivity index (χ4v) is 4.12. The van der Waals surface area contributed by atoms with E-state index in [2.05, 4.69) is 25.6 Å². The van der Waals surface area contributed by atoms with E-state index in [1.807, 2.05) is 0 Å². The Kier molecular flexibility index (Phi) is 5.98. The molecule has 0 spiro atoms. The van der Waals surface area contributed by atoms with Crippen molar-refractivity contribution in [2.24, 2.45) is 0 Å². The Labute approximate surface area is 128 Å². The van der Waals surface area contributed by atoms with Gasteiger partial charge in [0, 0.05) is 37.3 Å². The van der Waals surface area contributed by atoms with Gasteiger partial charge in [0.15, 0.2) is 0 Å². The first-order valence-electron chi connectivity index (χ1n) is 6.64. The summed E-state index contributed by atoms with van der Waals surface area (Å²) >= 11 is 3.26. The van der Waals surface area contributed by atoms with Gasteiger partial charge in [-0.3, -0.25) is 4.90 Å². The van der Waals surface area contributed by atoms with Gasteiger partial charge in [0.25, 0.3) is 0 Å². The molecule has 1 aliphatic rings. The van der Waals surface area contributed by atoms with E-state index in [0.29, 0.717) is 17.6 Å². The number of halogens is 1. The Hall–Kier alpha value is -0.470. The molecule has 1 saturated heterocycles. The van der Waals surface area contributed by atoms with Gasteiger partial charge in [-0.05, 0) is 34.5 Å². The van der Waals surface area contributed by atoms with Crippen LogP contribution in [0, 0.1) is 0 Å². The van der Waals surface area contributed by atoms with Crippen LogP contribution in [0.1, 0.15) is 6.42 Å². The Bertz CT molecular complexity index is 528. The number of nitrogens with zero attached hydrogens (tertiary/aromatic N) is 1. The molecule has 1 fully saturated rings. The second-order valence-electron chi connectivity index (χ2n) is 4.64. The normalized spacial score (nSPS) is 17.9. The quantitative estimate of drug-likeness (QED) is 0.861. The van der Waals surface area contributed by atoms with E-state index >= 15 is 0 Å². The lowest BCUT2D eigenvalue weighted by atomic mass is 10.4. The molecule has 1 aliphatic heterocycles. The molecule has 1 N–H and O–H groups in total. The highest BCUT2D eigenvalue weighted by atomic mass is 79.9. The van der Waals surface area contributed by atoms with Crippen molar-refractivity contribution in [3.05, 3.63) is 28.7 Å². The summed E-state index contributed by atoms with van der Waals surface area (Å²) in [5, 5.41) is 0. The molecule has 0 aromatic heterocycles. The molecule has 0 bridgehead atoms. The molecular formula is C13H19BrN2O3S. The lowest BCUT2D eigenvalue weighted by Crippen LogP contribution is -2.36. The third-order valence-electron chi connectivity index (χ3n) is 3.16. The second-order valence-corrected chi connectivity index (χ2v) is 7.23. The van der Waals surface area contributed by atoms with E-state index in [-0.39, 0.29) is 4.90 Å². The van der Waals surface area contributed by atoms with Gasteiger partial charge in [-0.2, -0.15) is 0 Å². The molecule has 20 heavy (non-hydrogen) atoms. The molecule has 7 heteroatoms. The molecule has 2 rings (SSSR count). The molecule has 0 amide bonds. The van der Waals surface area contributed by atoms with Gasteiger partial charge in [-0.15, -0.1) is 0 Å². The first kappa shape index (κ1) is 15.9. The van der Waals surface area contributed by atoms with Crippen LogP contribution in [0.25, 0.3) is 0 Å². The minimum absolute atomic E-state index is 0.277. The van der Waals surface area contributed by atoms with Crippen molar-refractivity contribution in [2.45, 2.75) is 11.3 Å². The summed E-state index contributed by atoms with van der Waals surface area (Å²) in [5.74, 6) is 0. The maximum Gasteiger partial charge on any atom is 0.241 e. The minimum Gasteiger partial charge on any atom is -0.380 e. The molecular weight excluding hydrogens is 344 g/mol. The summed E-state index contributed by atoms with van der Waals surface area (Å²) in [6, 6.07) is 6.82. The highest BCUT2D eigenvalue weighted by molar-refractivity contribution is 9.10. The summed E-state index contributed by atoms with van der Waals surface area (Å²) in [5.41, 5.74) is 0. The summed E-state index contributed by atoms with van der Waals surface area (Å²) in [6.07, 6.45) is 0.997. The largest absolute Gasteiger partial charge is 0.380 e. The van der Waals surface area contributed by atoms with Gasteiger partial charge < -0.3 is 4.74 Å². The van der Waals surface area contributed by atoms with E-state index in [1.165, 1.54) is 0 Å². The van der Waals surface area contributed by atoms with Crippen LogP contribution in [0.3, 0.4) is 0 Å². The molecule has 0 saturated carbocycles. The Morgan fingerprint density at radius 1 is 1.25 bits per heavy atom. The number of nitrogens with one attached hydrogen (secondary N) is 1. The Morgan fingerprint density at radius 3 is 2.85 bits per heavy atom. The SMILES string of the molecule is O=S(=O)(NCCN1CCCOCC1)c1ccccc1Br. The topological polar surface area (TPSA) is 58.6 Å². The van der Waals surface area contributed by atoms with Crippen LogP contribution in [0.15, 0.2) is 33.6 Å². The number of sulfonamides is 1. The molecule has 5 nitrogen and oxygen atoms in total. The fraction of sp³-hybridized carbons (Fsp3) is 0.538. The molecule has 1 heterocycles. The second kappa shape index (κ2) is 7.51. The van der Waals surface area contributed by atoms with E-state index in [0.717, 1.165) is 32.7 Å². The van der Waals surface area contributed by atoms with Gasteiger partial charge in [-0.25, -0.2) is 13.1 Å². The first-order chi connectivity index (χ1) is 9.59. The van der Waals surface area contributed by atoms with Gasteiger partial charge in [0.05, 0.1) is 11.5 Å². The highest BCUT2D eigenvalue weighted by Crippen LogP contribution is 2.20. The van der Waals surface area contributed by atoms with Gasteiger partial charge in [0.2, 0.25) is 10.0 Å². The van der Waals surface area contributed by atoms with Crippen molar-refractivity contribution in [3.63, 3.8) is 0 Å². The number of hydrogen-bond acceptors (Lipinski definition) is 4. The predicted molar refractivity (Wildman–Crippen MR) is 81.2 cm³/mol. The third kappa shape index (κ3) is 4.53. The van der Waals surface area contributed by atoms with Crippen LogP contribution in [-0.2, 0) is 14.8 Å². The number of ether oxygens (including phenoxy) is 1. The molecule has 112 valence electrons. The molecule has 0 atom stereocenters. The predicted octanol–water partition coefficient (Wildman–Crippen LogP) is 1.45. The monoisotopic (exact) mass is 362 g/mol.